The Hall–Kier alpha value is -2.25. The fraction of sp³-hybridized carbons (Fsp3) is 0.450. The van der Waals surface area contributed by atoms with E-state index in [0.29, 0.717) is 11.4 Å². The van der Waals surface area contributed by atoms with Crippen molar-refractivity contribution < 1.29 is 9.59 Å². The van der Waals surface area contributed by atoms with E-state index in [-0.39, 0.29) is 17.9 Å². The number of anilines is 1. The molecule has 0 radical (unpaired) electrons. The van der Waals surface area contributed by atoms with E-state index in [9.17, 15) is 9.59 Å². The van der Waals surface area contributed by atoms with Crippen LogP contribution >= 0.6 is 11.3 Å². The van der Waals surface area contributed by atoms with Crippen LogP contribution < -0.4 is 10.6 Å². The fourth-order valence-corrected chi connectivity index (χ4v) is 3.93. The summed E-state index contributed by atoms with van der Waals surface area (Å²) in [6, 6.07) is 6.10. The van der Waals surface area contributed by atoms with E-state index >= 15 is 0 Å². The molecule has 1 saturated heterocycles. The van der Waals surface area contributed by atoms with Gasteiger partial charge in [0.25, 0.3) is 5.91 Å². The highest BCUT2D eigenvalue weighted by molar-refractivity contribution is 7.11. The van der Waals surface area contributed by atoms with Crippen molar-refractivity contribution in [3.05, 3.63) is 45.4 Å². The summed E-state index contributed by atoms with van der Waals surface area (Å²) in [5.41, 5.74) is 5.69. The number of nitrogens with one attached hydrogen (secondary N) is 2. The summed E-state index contributed by atoms with van der Waals surface area (Å²) < 4.78 is 0. The topological polar surface area (TPSA) is 74.3 Å². The Balaban J connectivity index is 1.43. The van der Waals surface area contributed by atoms with Crippen molar-refractivity contribution in [3.8, 4) is 0 Å². The van der Waals surface area contributed by atoms with Crippen molar-refractivity contribution >= 4 is 28.8 Å². The van der Waals surface area contributed by atoms with Gasteiger partial charge in [-0.25, -0.2) is 4.98 Å². The molecule has 6 nitrogen and oxygen atoms in total. The van der Waals surface area contributed by atoms with Gasteiger partial charge < -0.3 is 10.6 Å². The van der Waals surface area contributed by atoms with Gasteiger partial charge in [-0.1, -0.05) is 6.07 Å². The number of hydrogen-bond donors (Lipinski definition) is 2. The summed E-state index contributed by atoms with van der Waals surface area (Å²) in [4.78, 5) is 31.5. The van der Waals surface area contributed by atoms with Crippen molar-refractivity contribution in [3.63, 3.8) is 0 Å². The molecule has 0 atom stereocenters. The van der Waals surface area contributed by atoms with Crippen LogP contribution in [-0.2, 0) is 4.79 Å². The highest BCUT2D eigenvalue weighted by Gasteiger charge is 2.23. The van der Waals surface area contributed by atoms with Gasteiger partial charge in [0, 0.05) is 24.8 Å². The first-order valence-electron chi connectivity index (χ1n) is 9.23. The smallest absolute Gasteiger partial charge is 0.263 e. The van der Waals surface area contributed by atoms with Gasteiger partial charge in [-0.2, -0.15) is 0 Å². The average molecular weight is 387 g/mol. The Morgan fingerprint density at radius 2 is 1.93 bits per heavy atom. The maximum Gasteiger partial charge on any atom is 0.263 e. The lowest BCUT2D eigenvalue weighted by molar-refractivity contribution is -0.117. The molecule has 144 valence electrons. The van der Waals surface area contributed by atoms with Crippen molar-refractivity contribution in [2.45, 2.75) is 39.7 Å². The molecule has 1 aliphatic heterocycles. The van der Waals surface area contributed by atoms with Crippen molar-refractivity contribution in [1.82, 2.24) is 15.2 Å². The van der Waals surface area contributed by atoms with Crippen LogP contribution in [0.1, 0.15) is 39.3 Å². The monoisotopic (exact) mass is 386 g/mol. The molecule has 27 heavy (non-hydrogen) atoms. The zero-order valence-electron chi connectivity index (χ0n) is 16.0. The van der Waals surface area contributed by atoms with Crippen LogP contribution in [0.3, 0.4) is 0 Å². The number of carbonyl (C=O) groups is 2. The molecule has 0 unspecified atom stereocenters. The first-order chi connectivity index (χ1) is 12.9. The largest absolute Gasteiger partial charge is 0.348 e. The Morgan fingerprint density at radius 1 is 1.19 bits per heavy atom. The number of hydrogen-bond acceptors (Lipinski definition) is 5. The molecule has 2 N–H and O–H groups in total. The summed E-state index contributed by atoms with van der Waals surface area (Å²) in [6.07, 6.45) is 1.70. The van der Waals surface area contributed by atoms with Gasteiger partial charge in [0.1, 0.15) is 4.88 Å². The molecule has 2 amide bonds. The molecule has 1 aromatic heterocycles. The fourth-order valence-electron chi connectivity index (χ4n) is 3.23. The van der Waals surface area contributed by atoms with E-state index in [0.717, 1.165) is 37.3 Å². The summed E-state index contributed by atoms with van der Waals surface area (Å²) in [6.45, 7) is 7.92. The second-order valence-electron chi connectivity index (χ2n) is 7.14. The number of thiazole rings is 1. The van der Waals surface area contributed by atoms with Gasteiger partial charge >= 0.3 is 0 Å². The minimum absolute atomic E-state index is 0.000948. The highest BCUT2D eigenvalue weighted by Crippen LogP contribution is 2.16. The third kappa shape index (κ3) is 5.14. The van der Waals surface area contributed by atoms with Gasteiger partial charge in [0.15, 0.2) is 0 Å². The maximum absolute atomic E-state index is 12.3. The predicted octanol–water partition coefficient (Wildman–Crippen LogP) is 2.90. The van der Waals surface area contributed by atoms with Gasteiger partial charge in [-0.15, -0.1) is 11.3 Å². The molecule has 0 aliphatic carbocycles. The van der Waals surface area contributed by atoms with Crippen LogP contribution in [0.15, 0.2) is 23.7 Å². The zero-order chi connectivity index (χ0) is 19.4. The standard InChI is InChI=1S/C20H26N4O2S/c1-13-4-5-17(10-14(13)2)22-18(25)11-24-8-6-16(7-9-24)23-20(26)19-15(3)21-12-27-19/h4-5,10,12,16H,6-9,11H2,1-3H3,(H,22,25)(H,23,26). The molecular weight excluding hydrogens is 360 g/mol. The van der Waals surface area contributed by atoms with E-state index in [1.54, 1.807) is 5.51 Å². The molecule has 0 spiro atoms. The van der Waals surface area contributed by atoms with Crippen molar-refractivity contribution in [2.24, 2.45) is 0 Å². The lowest BCUT2D eigenvalue weighted by Crippen LogP contribution is -2.46. The quantitative estimate of drug-likeness (QED) is 0.829. The zero-order valence-corrected chi connectivity index (χ0v) is 16.9. The lowest BCUT2D eigenvalue weighted by atomic mass is 10.0. The molecule has 7 heteroatoms. The average Bonchev–Trinajstić information content (AvgIpc) is 3.06. The minimum Gasteiger partial charge on any atom is -0.348 e. The summed E-state index contributed by atoms with van der Waals surface area (Å²) in [7, 11) is 0. The van der Waals surface area contributed by atoms with Crippen molar-refractivity contribution in [2.75, 3.05) is 25.0 Å². The normalized spacial score (nSPS) is 15.5. The minimum atomic E-state index is -0.0408. The number of aromatic nitrogens is 1. The van der Waals surface area contributed by atoms with Gasteiger partial charge in [0.2, 0.25) is 5.91 Å². The van der Waals surface area contributed by atoms with Crippen LogP contribution in [0.5, 0.6) is 0 Å². The number of nitrogens with zero attached hydrogens (tertiary/aromatic N) is 2. The number of amides is 2. The van der Waals surface area contributed by atoms with Crippen LogP contribution in [0.4, 0.5) is 5.69 Å². The molecule has 1 aromatic carbocycles. The SMILES string of the molecule is Cc1ccc(NC(=O)CN2CCC(NC(=O)c3scnc3C)CC2)cc1C. The van der Waals surface area contributed by atoms with Crippen LogP contribution in [0, 0.1) is 20.8 Å². The predicted molar refractivity (Wildman–Crippen MR) is 108 cm³/mol. The molecular formula is C20H26N4O2S. The number of aryl methyl sites for hydroxylation is 3. The Labute approximate surface area is 164 Å². The highest BCUT2D eigenvalue weighted by atomic mass is 32.1. The molecule has 1 fully saturated rings. The second kappa shape index (κ2) is 8.63. The third-order valence-electron chi connectivity index (χ3n) is 5.03. The van der Waals surface area contributed by atoms with Crippen LogP contribution in [0.2, 0.25) is 0 Å². The van der Waals surface area contributed by atoms with E-state index < -0.39 is 0 Å². The number of benzene rings is 1. The first kappa shape index (κ1) is 19.5. The van der Waals surface area contributed by atoms with E-state index in [1.807, 2.05) is 32.0 Å². The van der Waals surface area contributed by atoms with Crippen molar-refractivity contribution in [1.29, 1.82) is 0 Å². The Kier molecular flexibility index (Phi) is 6.23. The van der Waals surface area contributed by atoms with E-state index in [2.05, 4.69) is 27.4 Å². The number of rotatable bonds is 5. The second-order valence-corrected chi connectivity index (χ2v) is 7.99. The van der Waals surface area contributed by atoms with Crippen LogP contribution in [0.25, 0.3) is 0 Å². The first-order valence-corrected chi connectivity index (χ1v) is 10.1. The van der Waals surface area contributed by atoms with E-state index in [1.165, 1.54) is 22.5 Å². The summed E-state index contributed by atoms with van der Waals surface area (Å²) in [5.74, 6) is -0.0399. The summed E-state index contributed by atoms with van der Waals surface area (Å²) >= 11 is 1.37. The van der Waals surface area contributed by atoms with E-state index in [4.69, 9.17) is 0 Å². The molecule has 3 rings (SSSR count). The lowest BCUT2D eigenvalue weighted by Gasteiger charge is -2.31. The number of likely N-dealkylation sites (tertiary alicyclic amines) is 1. The summed E-state index contributed by atoms with van der Waals surface area (Å²) in [5, 5.41) is 6.06. The molecule has 2 heterocycles. The van der Waals surface area contributed by atoms with Gasteiger partial charge in [0.05, 0.1) is 17.7 Å². The van der Waals surface area contributed by atoms with Gasteiger partial charge in [-0.05, 0) is 56.9 Å². The molecule has 0 bridgehead atoms. The number of carbonyl (C=O) groups excluding carboxylic acids is 2. The molecule has 0 saturated carbocycles. The Morgan fingerprint density at radius 3 is 2.56 bits per heavy atom. The van der Waals surface area contributed by atoms with Gasteiger partial charge in [-0.3, -0.25) is 14.5 Å². The van der Waals surface area contributed by atoms with Crippen LogP contribution in [-0.4, -0.2) is 47.4 Å². The number of piperidine rings is 1. The molecule has 1 aliphatic rings. The maximum atomic E-state index is 12.3. The Bertz CT molecular complexity index is 825. The third-order valence-corrected chi connectivity index (χ3v) is 5.96. The molecule has 2 aromatic rings.